The molecule has 1 aliphatic heterocycles. The number of amides is 1. The summed E-state index contributed by atoms with van der Waals surface area (Å²) in [5.74, 6) is -0.168. The first-order chi connectivity index (χ1) is 15.0. The Morgan fingerprint density at radius 2 is 2.03 bits per heavy atom. The zero-order valence-corrected chi connectivity index (χ0v) is 18.9. The molecule has 0 bridgehead atoms. The number of halogens is 3. The lowest BCUT2D eigenvalue weighted by atomic mass is 9.91. The van der Waals surface area contributed by atoms with Gasteiger partial charge in [0.1, 0.15) is 11.6 Å². The van der Waals surface area contributed by atoms with Crippen molar-refractivity contribution in [2.75, 3.05) is 18.5 Å². The Bertz CT molecular complexity index is 942. The summed E-state index contributed by atoms with van der Waals surface area (Å²) in [6, 6.07) is 4.67. The van der Waals surface area contributed by atoms with Crippen molar-refractivity contribution in [3.63, 3.8) is 0 Å². The van der Waals surface area contributed by atoms with Crippen molar-refractivity contribution in [3.8, 4) is 5.75 Å². The molecule has 1 amide bonds. The first-order valence-corrected chi connectivity index (χ1v) is 10.8. The Kier molecular flexibility index (Phi) is 7.17. The van der Waals surface area contributed by atoms with Gasteiger partial charge in [-0.05, 0) is 49.8 Å². The van der Waals surface area contributed by atoms with Crippen LogP contribution in [0.2, 0.25) is 0 Å². The first-order valence-electron chi connectivity index (χ1n) is 10.8. The molecule has 1 aromatic heterocycles. The summed E-state index contributed by atoms with van der Waals surface area (Å²) in [7, 11) is 0. The number of aromatic nitrogens is 2. The van der Waals surface area contributed by atoms with Gasteiger partial charge in [-0.3, -0.25) is 4.79 Å². The molecule has 0 radical (unpaired) electrons. The molecule has 0 spiro atoms. The van der Waals surface area contributed by atoms with Crippen LogP contribution in [0.4, 0.5) is 19.0 Å². The van der Waals surface area contributed by atoms with Gasteiger partial charge in [-0.1, -0.05) is 20.8 Å². The summed E-state index contributed by atoms with van der Waals surface area (Å²) in [6.07, 6.45) is -2.04. The lowest BCUT2D eigenvalue weighted by Gasteiger charge is -2.16. The minimum Gasteiger partial charge on any atom is -0.493 e. The number of rotatable bonds is 7. The molecule has 1 saturated heterocycles. The van der Waals surface area contributed by atoms with Crippen LogP contribution in [0.15, 0.2) is 24.3 Å². The fourth-order valence-electron chi connectivity index (χ4n) is 3.67. The molecule has 0 unspecified atom stereocenters. The summed E-state index contributed by atoms with van der Waals surface area (Å²) in [6.45, 7) is 9.32. The van der Waals surface area contributed by atoms with Crippen LogP contribution in [0.25, 0.3) is 0 Å². The summed E-state index contributed by atoms with van der Waals surface area (Å²) in [5, 5.41) is 7.38. The van der Waals surface area contributed by atoms with E-state index >= 15 is 0 Å². The molecule has 1 aliphatic rings. The third kappa shape index (κ3) is 6.25. The van der Waals surface area contributed by atoms with Crippen LogP contribution in [0.5, 0.6) is 5.75 Å². The van der Waals surface area contributed by atoms with E-state index in [0.29, 0.717) is 25.4 Å². The third-order valence-corrected chi connectivity index (χ3v) is 5.04. The number of ether oxygens (including phenoxy) is 2. The van der Waals surface area contributed by atoms with E-state index in [9.17, 15) is 18.0 Å². The molecular formula is C23H30F3N3O3. The van der Waals surface area contributed by atoms with Gasteiger partial charge in [-0.2, -0.15) is 18.3 Å². The number of nitrogens with one attached hydrogen (secondary N) is 1. The molecule has 1 fully saturated rings. The fraction of sp³-hybridized carbons (Fsp3) is 0.565. The highest BCUT2D eigenvalue weighted by atomic mass is 19.4. The van der Waals surface area contributed by atoms with Crippen molar-refractivity contribution in [3.05, 3.63) is 41.1 Å². The van der Waals surface area contributed by atoms with Crippen LogP contribution in [0, 0.1) is 5.41 Å². The van der Waals surface area contributed by atoms with Crippen LogP contribution in [0.3, 0.4) is 0 Å². The molecule has 0 saturated carbocycles. The molecule has 3 rings (SSSR count). The monoisotopic (exact) mass is 453 g/mol. The second-order valence-corrected chi connectivity index (χ2v) is 9.17. The van der Waals surface area contributed by atoms with Gasteiger partial charge in [-0.15, -0.1) is 0 Å². The van der Waals surface area contributed by atoms with Gasteiger partial charge in [0.15, 0.2) is 0 Å². The average Bonchev–Trinajstić information content (AvgIpc) is 3.30. The highest BCUT2D eigenvalue weighted by Crippen LogP contribution is 2.33. The fourth-order valence-corrected chi connectivity index (χ4v) is 3.67. The van der Waals surface area contributed by atoms with E-state index in [1.807, 2.05) is 0 Å². The Morgan fingerprint density at radius 1 is 1.28 bits per heavy atom. The van der Waals surface area contributed by atoms with E-state index in [1.165, 1.54) is 6.07 Å². The molecule has 2 aromatic rings. The van der Waals surface area contributed by atoms with Crippen LogP contribution < -0.4 is 10.1 Å². The minimum atomic E-state index is -4.57. The van der Waals surface area contributed by atoms with E-state index in [2.05, 4.69) is 31.2 Å². The van der Waals surface area contributed by atoms with Gasteiger partial charge >= 0.3 is 6.18 Å². The minimum absolute atomic E-state index is 0.0134. The Labute approximate surface area is 186 Å². The lowest BCUT2D eigenvalue weighted by molar-refractivity contribution is -0.137. The molecule has 1 N–H and O–H groups in total. The van der Waals surface area contributed by atoms with Gasteiger partial charge in [0, 0.05) is 12.7 Å². The van der Waals surface area contributed by atoms with E-state index in [-0.39, 0.29) is 29.4 Å². The molecule has 176 valence electrons. The first kappa shape index (κ1) is 24.1. The number of benzene rings is 1. The number of carbonyl (C=O) groups is 1. The molecule has 32 heavy (non-hydrogen) atoms. The summed E-state index contributed by atoms with van der Waals surface area (Å²) in [4.78, 5) is 13.0. The van der Waals surface area contributed by atoms with Crippen LogP contribution >= 0.6 is 0 Å². The standard InChI is InChI=1S/C23H30F3N3O3/c1-5-31-19-9-8-15(23(24,25)26)11-18(19)21(30)27-20-12-16(13-22(2,3)4)28-29(20)14-17-7-6-10-32-17/h8-9,11-12,17H,5-7,10,13-14H2,1-4H3,(H,27,30)/t17-/m1/s1. The van der Waals surface area contributed by atoms with Gasteiger partial charge in [0.2, 0.25) is 0 Å². The number of hydrogen-bond donors (Lipinski definition) is 1. The van der Waals surface area contributed by atoms with Gasteiger partial charge in [-0.25, -0.2) is 4.68 Å². The SMILES string of the molecule is CCOc1ccc(C(F)(F)F)cc1C(=O)Nc1cc(CC(C)(C)C)nn1C[C@H]1CCCO1. The van der Waals surface area contributed by atoms with Crippen LogP contribution in [0.1, 0.15) is 62.2 Å². The van der Waals surface area contributed by atoms with Crippen molar-refractivity contribution in [1.82, 2.24) is 9.78 Å². The molecule has 9 heteroatoms. The zero-order valence-electron chi connectivity index (χ0n) is 18.9. The van der Waals surface area contributed by atoms with E-state index in [1.54, 1.807) is 17.7 Å². The normalized spacial score (nSPS) is 16.9. The van der Waals surface area contributed by atoms with Crippen molar-refractivity contribution in [2.45, 2.75) is 65.8 Å². The average molecular weight is 454 g/mol. The molecule has 1 atom stereocenters. The summed E-state index contributed by atoms with van der Waals surface area (Å²) >= 11 is 0. The highest BCUT2D eigenvalue weighted by molar-refractivity contribution is 6.06. The van der Waals surface area contributed by atoms with Crippen molar-refractivity contribution in [2.24, 2.45) is 5.41 Å². The molecule has 2 heterocycles. The van der Waals surface area contributed by atoms with E-state index in [4.69, 9.17) is 9.47 Å². The lowest BCUT2D eigenvalue weighted by Crippen LogP contribution is -2.21. The maximum atomic E-state index is 13.2. The largest absolute Gasteiger partial charge is 0.493 e. The summed E-state index contributed by atoms with van der Waals surface area (Å²) in [5.41, 5.74) is -0.316. The molecular weight excluding hydrogens is 423 g/mol. The Hall–Kier alpha value is -2.55. The predicted molar refractivity (Wildman–Crippen MR) is 115 cm³/mol. The smallest absolute Gasteiger partial charge is 0.416 e. The predicted octanol–water partition coefficient (Wildman–Crippen LogP) is 5.32. The Morgan fingerprint density at radius 3 is 2.62 bits per heavy atom. The van der Waals surface area contributed by atoms with E-state index < -0.39 is 17.6 Å². The van der Waals surface area contributed by atoms with Gasteiger partial charge in [0.05, 0.1) is 36.1 Å². The second-order valence-electron chi connectivity index (χ2n) is 9.17. The molecule has 0 aliphatic carbocycles. The zero-order chi connectivity index (χ0) is 23.5. The Balaban J connectivity index is 1.91. The third-order valence-electron chi connectivity index (χ3n) is 5.04. The number of alkyl halides is 3. The molecule has 1 aromatic carbocycles. The van der Waals surface area contributed by atoms with Gasteiger partial charge < -0.3 is 14.8 Å². The van der Waals surface area contributed by atoms with E-state index in [0.717, 1.165) is 30.7 Å². The number of carbonyl (C=O) groups excluding carboxylic acids is 1. The maximum absolute atomic E-state index is 13.2. The molecule has 6 nitrogen and oxygen atoms in total. The second kappa shape index (κ2) is 9.52. The number of hydrogen-bond acceptors (Lipinski definition) is 4. The van der Waals surface area contributed by atoms with Crippen LogP contribution in [-0.4, -0.2) is 35.0 Å². The maximum Gasteiger partial charge on any atom is 0.416 e. The number of nitrogens with zero attached hydrogens (tertiary/aromatic N) is 2. The topological polar surface area (TPSA) is 65.4 Å². The van der Waals surface area contributed by atoms with Crippen LogP contribution in [-0.2, 0) is 23.9 Å². The van der Waals surface area contributed by atoms with Gasteiger partial charge in [0.25, 0.3) is 5.91 Å². The highest BCUT2D eigenvalue weighted by Gasteiger charge is 2.32. The summed E-state index contributed by atoms with van der Waals surface area (Å²) < 4.78 is 52.5. The quantitative estimate of drug-likeness (QED) is 0.616. The number of anilines is 1. The van der Waals surface area contributed by atoms with Crippen molar-refractivity contribution >= 4 is 11.7 Å². The van der Waals surface area contributed by atoms with Crippen molar-refractivity contribution in [1.29, 1.82) is 0 Å². The van der Waals surface area contributed by atoms with Crippen molar-refractivity contribution < 1.29 is 27.4 Å².